The fraction of sp³-hybridized carbons (Fsp3) is 0.429. The maximum absolute atomic E-state index is 11.6. The first kappa shape index (κ1) is 16.0. The fourth-order valence-corrected chi connectivity index (χ4v) is 1.49. The van der Waals surface area contributed by atoms with Gasteiger partial charge in [-0.1, -0.05) is 6.92 Å². The Morgan fingerprint density at radius 3 is 2.65 bits per heavy atom. The standard InChI is InChI=1S/C14H20N2O4/c1-4-7-19-9-13(17)16-12-6-5-11(8-10(12)2)20-14(18)15-3/h5-6,8H,4,7,9H2,1-3H3,(H,15,18)(H,16,17). The summed E-state index contributed by atoms with van der Waals surface area (Å²) in [5.41, 5.74) is 1.47. The van der Waals surface area contributed by atoms with Gasteiger partial charge >= 0.3 is 6.09 Å². The molecule has 0 aromatic heterocycles. The summed E-state index contributed by atoms with van der Waals surface area (Å²) in [5, 5.41) is 5.10. The van der Waals surface area contributed by atoms with Crippen LogP contribution >= 0.6 is 0 Å². The van der Waals surface area contributed by atoms with Crippen molar-refractivity contribution in [1.82, 2.24) is 5.32 Å². The summed E-state index contributed by atoms with van der Waals surface area (Å²) in [6.45, 7) is 4.39. The first-order chi connectivity index (χ1) is 9.56. The van der Waals surface area contributed by atoms with Gasteiger partial charge in [-0.2, -0.15) is 0 Å². The highest BCUT2D eigenvalue weighted by Crippen LogP contribution is 2.21. The number of anilines is 1. The van der Waals surface area contributed by atoms with Crippen LogP contribution in [-0.4, -0.2) is 32.3 Å². The van der Waals surface area contributed by atoms with Gasteiger partial charge in [-0.05, 0) is 37.1 Å². The predicted molar refractivity (Wildman–Crippen MR) is 76.0 cm³/mol. The lowest BCUT2D eigenvalue weighted by atomic mass is 10.2. The van der Waals surface area contributed by atoms with E-state index in [0.717, 1.165) is 12.0 Å². The number of amides is 2. The van der Waals surface area contributed by atoms with Crippen LogP contribution in [0.25, 0.3) is 0 Å². The van der Waals surface area contributed by atoms with E-state index in [9.17, 15) is 9.59 Å². The molecule has 0 radical (unpaired) electrons. The van der Waals surface area contributed by atoms with Crippen molar-refractivity contribution in [2.75, 3.05) is 25.6 Å². The van der Waals surface area contributed by atoms with E-state index in [4.69, 9.17) is 9.47 Å². The normalized spacial score (nSPS) is 9.95. The van der Waals surface area contributed by atoms with E-state index in [1.54, 1.807) is 18.2 Å². The second-order valence-corrected chi connectivity index (χ2v) is 4.22. The van der Waals surface area contributed by atoms with Crippen LogP contribution in [0.3, 0.4) is 0 Å². The number of benzene rings is 1. The molecule has 0 bridgehead atoms. The minimum atomic E-state index is -0.533. The first-order valence-corrected chi connectivity index (χ1v) is 6.44. The summed E-state index contributed by atoms with van der Waals surface area (Å²) in [6.07, 6.45) is 0.340. The zero-order valence-corrected chi connectivity index (χ0v) is 12.0. The average Bonchev–Trinajstić information content (AvgIpc) is 2.42. The summed E-state index contributed by atoms with van der Waals surface area (Å²) in [4.78, 5) is 22.7. The molecule has 0 unspecified atom stereocenters. The van der Waals surface area contributed by atoms with Gasteiger partial charge in [-0.3, -0.25) is 4.79 Å². The Balaban J connectivity index is 2.59. The van der Waals surface area contributed by atoms with Crippen LogP contribution in [0.1, 0.15) is 18.9 Å². The Bertz CT molecular complexity index is 474. The number of carbonyl (C=O) groups excluding carboxylic acids is 2. The van der Waals surface area contributed by atoms with Crippen molar-refractivity contribution in [2.24, 2.45) is 0 Å². The fourth-order valence-electron chi connectivity index (χ4n) is 1.49. The summed E-state index contributed by atoms with van der Waals surface area (Å²) >= 11 is 0. The minimum absolute atomic E-state index is 0.0315. The van der Waals surface area contributed by atoms with Gasteiger partial charge in [0, 0.05) is 19.3 Å². The molecule has 2 N–H and O–H groups in total. The molecule has 110 valence electrons. The SMILES string of the molecule is CCCOCC(=O)Nc1ccc(OC(=O)NC)cc1C. The highest BCUT2D eigenvalue weighted by atomic mass is 16.5. The molecule has 2 amide bonds. The van der Waals surface area contributed by atoms with Crippen molar-refractivity contribution in [1.29, 1.82) is 0 Å². The minimum Gasteiger partial charge on any atom is -0.410 e. The van der Waals surface area contributed by atoms with E-state index in [2.05, 4.69) is 10.6 Å². The van der Waals surface area contributed by atoms with Crippen LogP contribution in [0, 0.1) is 6.92 Å². The zero-order chi connectivity index (χ0) is 15.0. The largest absolute Gasteiger partial charge is 0.412 e. The average molecular weight is 280 g/mol. The molecule has 0 atom stereocenters. The lowest BCUT2D eigenvalue weighted by Crippen LogP contribution is -2.22. The molecule has 0 fully saturated rings. The molecule has 1 aromatic carbocycles. The van der Waals surface area contributed by atoms with Gasteiger partial charge in [0.2, 0.25) is 5.91 Å². The lowest BCUT2D eigenvalue weighted by Gasteiger charge is -2.10. The van der Waals surface area contributed by atoms with Crippen LogP contribution in [0.2, 0.25) is 0 Å². The first-order valence-electron chi connectivity index (χ1n) is 6.44. The van der Waals surface area contributed by atoms with Crippen LogP contribution < -0.4 is 15.4 Å². The highest BCUT2D eigenvalue weighted by molar-refractivity contribution is 5.92. The number of nitrogens with one attached hydrogen (secondary N) is 2. The number of aryl methyl sites for hydroxylation is 1. The molecule has 0 spiro atoms. The van der Waals surface area contributed by atoms with Crippen molar-refractivity contribution in [2.45, 2.75) is 20.3 Å². The van der Waals surface area contributed by atoms with Crippen LogP contribution in [-0.2, 0) is 9.53 Å². The number of carbonyl (C=O) groups is 2. The monoisotopic (exact) mass is 280 g/mol. The van der Waals surface area contributed by atoms with Crippen LogP contribution in [0.5, 0.6) is 5.75 Å². The van der Waals surface area contributed by atoms with E-state index in [1.165, 1.54) is 7.05 Å². The van der Waals surface area contributed by atoms with Gasteiger partial charge in [0.25, 0.3) is 0 Å². The van der Waals surface area contributed by atoms with E-state index >= 15 is 0 Å². The second kappa shape index (κ2) is 8.16. The Hall–Kier alpha value is -2.08. The van der Waals surface area contributed by atoms with Crippen LogP contribution in [0.15, 0.2) is 18.2 Å². The lowest BCUT2D eigenvalue weighted by molar-refractivity contribution is -0.120. The summed E-state index contributed by atoms with van der Waals surface area (Å²) < 4.78 is 10.2. The Labute approximate surface area is 118 Å². The van der Waals surface area contributed by atoms with Crippen molar-refractivity contribution in [3.05, 3.63) is 23.8 Å². The number of rotatable bonds is 6. The summed E-state index contributed by atoms with van der Waals surface area (Å²) in [5.74, 6) is 0.212. The highest BCUT2D eigenvalue weighted by Gasteiger charge is 2.07. The van der Waals surface area contributed by atoms with Gasteiger partial charge in [-0.15, -0.1) is 0 Å². The van der Waals surface area contributed by atoms with Crippen molar-refractivity contribution in [3.63, 3.8) is 0 Å². The van der Waals surface area contributed by atoms with Gasteiger partial charge in [0.05, 0.1) is 0 Å². The molecular weight excluding hydrogens is 260 g/mol. The van der Waals surface area contributed by atoms with E-state index < -0.39 is 6.09 Å². The molecule has 0 heterocycles. The molecule has 0 aliphatic rings. The molecular formula is C14H20N2O4. The molecule has 6 nitrogen and oxygen atoms in total. The second-order valence-electron chi connectivity index (χ2n) is 4.22. The summed E-state index contributed by atoms with van der Waals surface area (Å²) in [7, 11) is 1.49. The number of ether oxygens (including phenoxy) is 2. The third-order valence-electron chi connectivity index (χ3n) is 2.47. The smallest absolute Gasteiger partial charge is 0.410 e. The van der Waals surface area contributed by atoms with Crippen molar-refractivity contribution < 1.29 is 19.1 Å². The molecule has 1 rings (SSSR count). The topological polar surface area (TPSA) is 76.7 Å². The molecule has 0 aliphatic carbocycles. The number of hydrogen-bond donors (Lipinski definition) is 2. The molecule has 0 saturated carbocycles. The summed E-state index contributed by atoms with van der Waals surface area (Å²) in [6, 6.07) is 4.98. The third-order valence-corrected chi connectivity index (χ3v) is 2.47. The number of hydrogen-bond acceptors (Lipinski definition) is 4. The van der Waals surface area contributed by atoms with Crippen LogP contribution in [0.4, 0.5) is 10.5 Å². The Kier molecular flexibility index (Phi) is 6.52. The van der Waals surface area contributed by atoms with Gasteiger partial charge in [-0.25, -0.2) is 4.79 Å². The molecule has 0 saturated heterocycles. The van der Waals surface area contributed by atoms with Crippen molar-refractivity contribution >= 4 is 17.7 Å². The molecule has 1 aromatic rings. The van der Waals surface area contributed by atoms with E-state index in [-0.39, 0.29) is 12.5 Å². The Morgan fingerprint density at radius 1 is 1.30 bits per heavy atom. The van der Waals surface area contributed by atoms with E-state index in [1.807, 2.05) is 13.8 Å². The maximum atomic E-state index is 11.6. The van der Waals surface area contributed by atoms with Gasteiger partial charge in [0.15, 0.2) is 0 Å². The van der Waals surface area contributed by atoms with E-state index in [0.29, 0.717) is 18.0 Å². The predicted octanol–water partition coefficient (Wildman–Crippen LogP) is 2.08. The van der Waals surface area contributed by atoms with Gasteiger partial charge in [0.1, 0.15) is 12.4 Å². The molecule has 0 aliphatic heterocycles. The Morgan fingerprint density at radius 2 is 2.05 bits per heavy atom. The molecule has 6 heteroatoms. The molecule has 20 heavy (non-hydrogen) atoms. The quantitative estimate of drug-likeness (QED) is 0.782. The maximum Gasteiger partial charge on any atom is 0.412 e. The van der Waals surface area contributed by atoms with Gasteiger partial charge < -0.3 is 20.1 Å². The third kappa shape index (κ3) is 5.27. The zero-order valence-electron chi connectivity index (χ0n) is 12.0. The van der Waals surface area contributed by atoms with Crippen molar-refractivity contribution in [3.8, 4) is 5.75 Å².